The van der Waals surface area contributed by atoms with E-state index in [-0.39, 0.29) is 16.5 Å². The van der Waals surface area contributed by atoms with Gasteiger partial charge in [-0.3, -0.25) is 0 Å². The Hall–Kier alpha value is -0.860. The lowest BCUT2D eigenvalue weighted by Gasteiger charge is -2.20. The zero-order chi connectivity index (χ0) is 16.0. The summed E-state index contributed by atoms with van der Waals surface area (Å²) >= 11 is 1.11. The number of nitrogens with zero attached hydrogens (tertiary/aromatic N) is 2. The van der Waals surface area contributed by atoms with Crippen molar-refractivity contribution in [2.75, 3.05) is 36.9 Å². The molecule has 0 aliphatic heterocycles. The third kappa shape index (κ3) is 5.12. The molecule has 1 aromatic rings. The summed E-state index contributed by atoms with van der Waals surface area (Å²) in [6.07, 6.45) is 2.03. The first-order valence-electron chi connectivity index (χ1n) is 7.21. The van der Waals surface area contributed by atoms with Gasteiger partial charge in [0.25, 0.3) is 0 Å². The van der Waals surface area contributed by atoms with Gasteiger partial charge < -0.3 is 16.0 Å². The number of hydrogen-bond donors (Lipinski definition) is 2. The molecule has 0 atom stereocenters. The molecule has 3 N–H and O–H groups in total. The van der Waals surface area contributed by atoms with Crippen molar-refractivity contribution >= 4 is 32.2 Å². The highest BCUT2D eigenvalue weighted by molar-refractivity contribution is 7.91. The van der Waals surface area contributed by atoms with Crippen LogP contribution in [0.2, 0.25) is 0 Å². The number of nitrogens with one attached hydrogen (secondary N) is 1. The second kappa shape index (κ2) is 7.95. The standard InChI is InChI=1S/C13H26N4O2S2/c1-5-21(18,19)11-12(14)16-20-13(11)15-8-6-7-9-17(4)10(2)3/h10,15H,5-9H2,1-4H3,(H2,14,16). The summed E-state index contributed by atoms with van der Waals surface area (Å²) in [5, 5.41) is 3.72. The number of unbranched alkanes of at least 4 members (excludes halogenated alkanes) is 1. The smallest absolute Gasteiger partial charge is 0.184 e. The van der Waals surface area contributed by atoms with Gasteiger partial charge in [0.2, 0.25) is 0 Å². The Bertz CT molecular complexity index is 540. The number of sulfone groups is 1. The van der Waals surface area contributed by atoms with Crippen molar-refractivity contribution in [2.24, 2.45) is 0 Å². The van der Waals surface area contributed by atoms with E-state index in [4.69, 9.17) is 5.73 Å². The lowest BCUT2D eigenvalue weighted by atomic mass is 10.2. The first-order valence-corrected chi connectivity index (χ1v) is 9.64. The molecule has 8 heteroatoms. The molecule has 21 heavy (non-hydrogen) atoms. The number of hydrogen-bond acceptors (Lipinski definition) is 7. The molecule has 0 radical (unpaired) electrons. The van der Waals surface area contributed by atoms with Crippen LogP contribution in [0, 0.1) is 0 Å². The molecular formula is C13H26N4O2S2. The van der Waals surface area contributed by atoms with Crippen LogP contribution in [0.15, 0.2) is 4.90 Å². The predicted molar refractivity (Wildman–Crippen MR) is 89.7 cm³/mol. The second-order valence-corrected chi connectivity index (χ2v) is 8.33. The summed E-state index contributed by atoms with van der Waals surface area (Å²) in [6.45, 7) is 7.70. The molecule has 0 fully saturated rings. The summed E-state index contributed by atoms with van der Waals surface area (Å²) in [4.78, 5) is 2.45. The average molecular weight is 335 g/mol. The zero-order valence-corrected chi connectivity index (χ0v) is 14.9. The maximum absolute atomic E-state index is 12.0. The minimum absolute atomic E-state index is 0.0312. The van der Waals surface area contributed by atoms with Gasteiger partial charge in [-0.15, -0.1) is 0 Å². The molecule has 0 aromatic carbocycles. The third-order valence-electron chi connectivity index (χ3n) is 3.47. The Morgan fingerprint density at radius 1 is 1.38 bits per heavy atom. The monoisotopic (exact) mass is 334 g/mol. The van der Waals surface area contributed by atoms with Gasteiger partial charge >= 0.3 is 0 Å². The minimum Gasteiger partial charge on any atom is -0.382 e. The molecule has 0 bridgehead atoms. The van der Waals surface area contributed by atoms with Crippen molar-refractivity contribution in [3.05, 3.63) is 0 Å². The van der Waals surface area contributed by atoms with E-state index >= 15 is 0 Å². The van der Waals surface area contributed by atoms with Crippen molar-refractivity contribution in [2.45, 2.75) is 44.6 Å². The number of anilines is 2. The van der Waals surface area contributed by atoms with E-state index in [1.807, 2.05) is 0 Å². The Morgan fingerprint density at radius 2 is 2.05 bits per heavy atom. The van der Waals surface area contributed by atoms with E-state index in [2.05, 4.69) is 35.5 Å². The van der Waals surface area contributed by atoms with Crippen molar-refractivity contribution in [3.8, 4) is 0 Å². The first kappa shape index (κ1) is 18.2. The highest BCUT2D eigenvalue weighted by atomic mass is 32.2. The Balaban J connectivity index is 2.51. The van der Waals surface area contributed by atoms with Crippen LogP contribution in [0.4, 0.5) is 10.8 Å². The number of aromatic nitrogens is 1. The van der Waals surface area contributed by atoms with E-state index in [9.17, 15) is 8.42 Å². The van der Waals surface area contributed by atoms with Crippen LogP contribution < -0.4 is 11.1 Å². The lowest BCUT2D eigenvalue weighted by Crippen LogP contribution is -2.27. The van der Waals surface area contributed by atoms with Crippen molar-refractivity contribution in [1.82, 2.24) is 9.27 Å². The number of rotatable bonds is 9. The summed E-state index contributed by atoms with van der Waals surface area (Å²) in [5.74, 6) is 0.132. The summed E-state index contributed by atoms with van der Waals surface area (Å²) in [5.41, 5.74) is 5.68. The molecule has 122 valence electrons. The SMILES string of the molecule is CCS(=O)(=O)c1c(N)nsc1NCCCCN(C)C(C)C. The molecule has 0 aliphatic carbocycles. The van der Waals surface area contributed by atoms with E-state index in [0.29, 0.717) is 11.0 Å². The maximum Gasteiger partial charge on any atom is 0.184 e. The molecule has 0 amide bonds. The van der Waals surface area contributed by atoms with Crippen molar-refractivity contribution in [1.29, 1.82) is 0 Å². The van der Waals surface area contributed by atoms with Crippen LogP contribution in [-0.4, -0.2) is 49.6 Å². The first-order chi connectivity index (χ1) is 9.79. The predicted octanol–water partition coefficient (Wildman–Crippen LogP) is 2.05. The zero-order valence-electron chi connectivity index (χ0n) is 13.2. The maximum atomic E-state index is 12.0. The van der Waals surface area contributed by atoms with Crippen LogP contribution >= 0.6 is 11.5 Å². The van der Waals surface area contributed by atoms with Crippen LogP contribution in [0.5, 0.6) is 0 Å². The highest BCUT2D eigenvalue weighted by Crippen LogP contribution is 2.32. The normalized spacial score (nSPS) is 12.3. The van der Waals surface area contributed by atoms with E-state index < -0.39 is 9.84 Å². The van der Waals surface area contributed by atoms with Crippen LogP contribution in [0.3, 0.4) is 0 Å². The van der Waals surface area contributed by atoms with Crippen LogP contribution in [-0.2, 0) is 9.84 Å². The molecule has 1 rings (SSSR count). The van der Waals surface area contributed by atoms with Crippen molar-refractivity contribution in [3.63, 3.8) is 0 Å². The molecule has 1 heterocycles. The van der Waals surface area contributed by atoms with Gasteiger partial charge in [-0.05, 0) is 51.8 Å². The topological polar surface area (TPSA) is 88.3 Å². The van der Waals surface area contributed by atoms with Gasteiger partial charge in [0.1, 0.15) is 9.90 Å². The Labute approximate surface area is 131 Å². The molecule has 0 aliphatic rings. The molecular weight excluding hydrogens is 308 g/mol. The fourth-order valence-corrected chi connectivity index (χ4v) is 3.99. The summed E-state index contributed by atoms with van der Waals surface area (Å²) < 4.78 is 27.9. The number of nitrogens with two attached hydrogens (primary N) is 1. The molecule has 6 nitrogen and oxygen atoms in total. The lowest BCUT2D eigenvalue weighted by molar-refractivity contribution is 0.269. The van der Waals surface area contributed by atoms with Crippen LogP contribution in [0.1, 0.15) is 33.6 Å². The van der Waals surface area contributed by atoms with Gasteiger partial charge in [-0.25, -0.2) is 8.42 Å². The van der Waals surface area contributed by atoms with Crippen molar-refractivity contribution < 1.29 is 8.42 Å². The summed E-state index contributed by atoms with van der Waals surface area (Å²) in [7, 11) is -1.23. The second-order valence-electron chi connectivity index (χ2n) is 5.34. The Morgan fingerprint density at radius 3 is 2.62 bits per heavy atom. The largest absolute Gasteiger partial charge is 0.382 e. The molecule has 0 saturated heterocycles. The molecule has 0 unspecified atom stereocenters. The van der Waals surface area contributed by atoms with E-state index in [0.717, 1.165) is 37.5 Å². The highest BCUT2D eigenvalue weighted by Gasteiger charge is 2.23. The third-order valence-corrected chi connectivity index (χ3v) is 6.21. The molecule has 0 spiro atoms. The molecule has 1 aromatic heterocycles. The fourth-order valence-electron chi connectivity index (χ4n) is 1.80. The molecule has 0 saturated carbocycles. The average Bonchev–Trinajstić information content (AvgIpc) is 2.79. The minimum atomic E-state index is -3.33. The van der Waals surface area contributed by atoms with Gasteiger partial charge in [0, 0.05) is 12.6 Å². The van der Waals surface area contributed by atoms with Gasteiger partial charge in [-0.1, -0.05) is 6.92 Å². The Kier molecular flexibility index (Phi) is 6.89. The quantitative estimate of drug-likeness (QED) is 0.672. The van der Waals surface area contributed by atoms with E-state index in [1.54, 1.807) is 6.92 Å². The van der Waals surface area contributed by atoms with Crippen LogP contribution in [0.25, 0.3) is 0 Å². The summed E-state index contributed by atoms with van der Waals surface area (Å²) in [6, 6.07) is 0.542. The number of nitrogen functional groups attached to an aromatic ring is 1. The van der Waals surface area contributed by atoms with Gasteiger partial charge in [-0.2, -0.15) is 4.37 Å². The fraction of sp³-hybridized carbons (Fsp3) is 0.769. The van der Waals surface area contributed by atoms with Gasteiger partial charge in [0.15, 0.2) is 15.7 Å². The van der Waals surface area contributed by atoms with Gasteiger partial charge in [0.05, 0.1) is 5.75 Å². The van der Waals surface area contributed by atoms with E-state index in [1.165, 1.54) is 0 Å².